The molecule has 0 aliphatic carbocycles. The van der Waals surface area contributed by atoms with Crippen LogP contribution in [0.25, 0.3) is 0 Å². The van der Waals surface area contributed by atoms with Crippen molar-refractivity contribution < 1.29 is 0 Å². The second-order valence-electron chi connectivity index (χ2n) is 6.54. The Hall–Kier alpha value is -3.20. The molecule has 0 radical (unpaired) electrons. The van der Waals surface area contributed by atoms with E-state index in [1.165, 1.54) is 5.56 Å². The lowest BCUT2D eigenvalue weighted by Gasteiger charge is -2.33. The lowest BCUT2D eigenvalue weighted by molar-refractivity contribution is 0.474. The Balaban J connectivity index is 1.56. The molecule has 0 N–H and O–H groups in total. The molecule has 3 aromatic rings. The van der Waals surface area contributed by atoms with Crippen LogP contribution in [-0.2, 0) is 6.54 Å². The highest BCUT2D eigenvalue weighted by Crippen LogP contribution is 2.30. The minimum atomic E-state index is 0.328. The maximum atomic E-state index is 9.37. The van der Waals surface area contributed by atoms with Crippen LogP contribution in [0.1, 0.15) is 35.7 Å². The van der Waals surface area contributed by atoms with Crippen LogP contribution in [0.3, 0.4) is 0 Å². The Morgan fingerprint density at radius 3 is 2.85 bits per heavy atom. The van der Waals surface area contributed by atoms with Crippen molar-refractivity contribution in [1.29, 1.82) is 5.26 Å². The topological polar surface area (TPSA) is 70.6 Å². The van der Waals surface area contributed by atoms with Crippen molar-refractivity contribution in [2.24, 2.45) is 0 Å². The number of piperidine rings is 1. The van der Waals surface area contributed by atoms with Crippen LogP contribution in [0.5, 0.6) is 0 Å². The van der Waals surface area contributed by atoms with E-state index in [0.717, 1.165) is 44.1 Å². The number of nitrogens with zero attached hydrogens (tertiary/aromatic N) is 6. The van der Waals surface area contributed by atoms with Gasteiger partial charge in [-0.2, -0.15) is 5.26 Å². The van der Waals surface area contributed by atoms with E-state index in [2.05, 4.69) is 30.5 Å². The first-order chi connectivity index (χ1) is 12.8. The molecule has 4 heterocycles. The first-order valence-electron chi connectivity index (χ1n) is 8.85. The van der Waals surface area contributed by atoms with Gasteiger partial charge in [0.25, 0.3) is 0 Å². The number of aromatic nitrogens is 4. The highest BCUT2D eigenvalue weighted by molar-refractivity contribution is 5.54. The summed E-state index contributed by atoms with van der Waals surface area (Å²) in [6.45, 7) is 2.55. The maximum Gasteiger partial charge on any atom is 0.146 e. The average Bonchev–Trinajstić information content (AvgIpc) is 3.17. The molecule has 3 aromatic heterocycles. The van der Waals surface area contributed by atoms with Crippen molar-refractivity contribution >= 4 is 5.82 Å². The molecule has 130 valence electrons. The normalized spacial score (nSPS) is 17.0. The zero-order chi connectivity index (χ0) is 17.8. The molecule has 0 saturated carbocycles. The molecule has 6 nitrogen and oxygen atoms in total. The summed E-state index contributed by atoms with van der Waals surface area (Å²) in [4.78, 5) is 15.4. The van der Waals surface area contributed by atoms with Gasteiger partial charge in [-0.25, -0.2) is 9.97 Å². The van der Waals surface area contributed by atoms with Gasteiger partial charge >= 0.3 is 0 Å². The fraction of sp³-hybridized carbons (Fsp3) is 0.300. The maximum absolute atomic E-state index is 9.37. The highest BCUT2D eigenvalue weighted by Gasteiger charge is 2.26. The second kappa shape index (κ2) is 7.36. The Morgan fingerprint density at radius 1 is 1.12 bits per heavy atom. The highest BCUT2D eigenvalue weighted by atomic mass is 15.2. The lowest BCUT2D eigenvalue weighted by Crippen LogP contribution is -2.36. The molecule has 0 bridgehead atoms. The Kier molecular flexibility index (Phi) is 4.61. The average molecular weight is 344 g/mol. The van der Waals surface area contributed by atoms with E-state index in [1.807, 2.05) is 49.1 Å². The summed E-state index contributed by atoms with van der Waals surface area (Å²) in [7, 11) is 0. The quantitative estimate of drug-likeness (QED) is 0.728. The summed E-state index contributed by atoms with van der Waals surface area (Å²) in [5.41, 5.74) is 1.84. The molecule has 6 heteroatoms. The van der Waals surface area contributed by atoms with Crippen molar-refractivity contribution in [3.8, 4) is 6.07 Å². The van der Waals surface area contributed by atoms with Gasteiger partial charge in [0.15, 0.2) is 0 Å². The molecule has 1 fully saturated rings. The fourth-order valence-electron chi connectivity index (χ4n) is 3.62. The molecule has 1 unspecified atom stereocenters. The molecule has 1 atom stereocenters. The number of imidazole rings is 1. The van der Waals surface area contributed by atoms with Gasteiger partial charge in [-0.05, 0) is 42.7 Å². The number of rotatable bonds is 4. The smallest absolute Gasteiger partial charge is 0.146 e. The minimum Gasteiger partial charge on any atom is -0.355 e. The van der Waals surface area contributed by atoms with E-state index in [9.17, 15) is 5.26 Å². The van der Waals surface area contributed by atoms with Gasteiger partial charge in [-0.15, -0.1) is 0 Å². The van der Waals surface area contributed by atoms with Crippen molar-refractivity contribution in [3.05, 3.63) is 72.2 Å². The Bertz CT molecular complexity index is 911. The predicted octanol–water partition coefficient (Wildman–Crippen LogP) is 2.98. The molecule has 1 saturated heterocycles. The van der Waals surface area contributed by atoms with Gasteiger partial charge in [-0.1, -0.05) is 0 Å². The van der Waals surface area contributed by atoms with Crippen molar-refractivity contribution in [2.75, 3.05) is 18.0 Å². The fourth-order valence-corrected chi connectivity index (χ4v) is 3.62. The monoisotopic (exact) mass is 344 g/mol. The molecule has 1 aliphatic rings. The largest absolute Gasteiger partial charge is 0.355 e. The molecule has 0 spiro atoms. The van der Waals surface area contributed by atoms with Gasteiger partial charge in [0.1, 0.15) is 17.7 Å². The lowest BCUT2D eigenvalue weighted by atomic mass is 9.96. The van der Waals surface area contributed by atoms with Crippen LogP contribution in [0, 0.1) is 11.3 Å². The molecule has 1 aliphatic heterocycles. The first-order valence-corrected chi connectivity index (χ1v) is 8.85. The van der Waals surface area contributed by atoms with Gasteiger partial charge < -0.3 is 9.47 Å². The molecular weight excluding hydrogens is 324 g/mol. The van der Waals surface area contributed by atoms with Crippen molar-refractivity contribution in [3.63, 3.8) is 0 Å². The summed E-state index contributed by atoms with van der Waals surface area (Å²) in [5.74, 6) is 2.21. The molecule has 0 amide bonds. The van der Waals surface area contributed by atoms with Crippen molar-refractivity contribution in [2.45, 2.75) is 25.3 Å². The first kappa shape index (κ1) is 16.3. The summed E-state index contributed by atoms with van der Waals surface area (Å²) in [6.07, 6.45) is 11.5. The van der Waals surface area contributed by atoms with Crippen LogP contribution >= 0.6 is 0 Å². The van der Waals surface area contributed by atoms with E-state index in [4.69, 9.17) is 0 Å². The summed E-state index contributed by atoms with van der Waals surface area (Å²) in [5, 5.41) is 9.37. The van der Waals surface area contributed by atoms with Crippen LogP contribution in [-0.4, -0.2) is 32.6 Å². The molecule has 4 rings (SSSR count). The molecule has 26 heavy (non-hydrogen) atoms. The Morgan fingerprint density at radius 2 is 2.00 bits per heavy atom. The number of pyridine rings is 2. The van der Waals surface area contributed by atoms with E-state index < -0.39 is 0 Å². The SMILES string of the molecule is N#Cc1cccnc1N1CCCC(c2nccn2Cc2ccncc2)C1. The minimum absolute atomic E-state index is 0.328. The van der Waals surface area contributed by atoms with Gasteiger partial charge in [0, 0.05) is 56.5 Å². The van der Waals surface area contributed by atoms with Crippen LogP contribution in [0.2, 0.25) is 0 Å². The summed E-state index contributed by atoms with van der Waals surface area (Å²) < 4.78 is 2.22. The zero-order valence-corrected chi connectivity index (χ0v) is 14.5. The van der Waals surface area contributed by atoms with E-state index >= 15 is 0 Å². The van der Waals surface area contributed by atoms with Crippen molar-refractivity contribution in [1.82, 2.24) is 19.5 Å². The molecular formula is C20H20N6. The Labute approximate surface area is 152 Å². The zero-order valence-electron chi connectivity index (χ0n) is 14.5. The third-order valence-corrected chi connectivity index (χ3v) is 4.84. The summed E-state index contributed by atoms with van der Waals surface area (Å²) >= 11 is 0. The van der Waals surface area contributed by atoms with Gasteiger partial charge in [-0.3, -0.25) is 4.98 Å². The standard InChI is InChI=1S/C20H20N6/c21-13-17-3-1-7-23-19(17)25-11-2-4-18(15-25)20-24-10-12-26(20)14-16-5-8-22-9-6-16/h1,3,5-10,12,18H,2,4,11,14-15H2. The summed E-state index contributed by atoms with van der Waals surface area (Å²) in [6, 6.07) is 9.96. The second-order valence-corrected chi connectivity index (χ2v) is 6.54. The van der Waals surface area contributed by atoms with E-state index in [1.54, 1.807) is 6.20 Å². The van der Waals surface area contributed by atoms with Crippen LogP contribution in [0.4, 0.5) is 5.82 Å². The van der Waals surface area contributed by atoms with Crippen LogP contribution in [0.15, 0.2) is 55.2 Å². The number of anilines is 1. The van der Waals surface area contributed by atoms with E-state index in [-0.39, 0.29) is 0 Å². The third kappa shape index (κ3) is 3.29. The number of hydrogen-bond donors (Lipinski definition) is 0. The van der Waals surface area contributed by atoms with Gasteiger partial charge in [0.05, 0.1) is 5.56 Å². The molecule has 0 aromatic carbocycles. The van der Waals surface area contributed by atoms with E-state index in [0.29, 0.717) is 11.5 Å². The third-order valence-electron chi connectivity index (χ3n) is 4.84. The number of nitriles is 1. The predicted molar refractivity (Wildman–Crippen MR) is 98.7 cm³/mol. The number of hydrogen-bond acceptors (Lipinski definition) is 5. The van der Waals surface area contributed by atoms with Crippen LogP contribution < -0.4 is 4.90 Å². The van der Waals surface area contributed by atoms with Gasteiger partial charge in [0.2, 0.25) is 0 Å².